The zero-order valence-electron chi connectivity index (χ0n) is 18.7. The summed E-state index contributed by atoms with van der Waals surface area (Å²) in [6.07, 6.45) is 0. The second-order valence-corrected chi connectivity index (χ2v) is 9.50. The van der Waals surface area contributed by atoms with E-state index in [1.165, 1.54) is 37.4 Å². The summed E-state index contributed by atoms with van der Waals surface area (Å²) in [4.78, 5) is 39.2. The third-order valence-electron chi connectivity index (χ3n) is 5.19. The first kappa shape index (κ1) is 24.9. The molecule has 4 rings (SSSR count). The summed E-state index contributed by atoms with van der Waals surface area (Å²) in [6, 6.07) is 17.9. The van der Waals surface area contributed by atoms with Gasteiger partial charge in [0.2, 0.25) is 10.0 Å². The van der Waals surface area contributed by atoms with Gasteiger partial charge in [0, 0.05) is 16.9 Å². The topological polar surface area (TPSA) is 148 Å². The van der Waals surface area contributed by atoms with Crippen LogP contribution >= 0.6 is 11.6 Å². The van der Waals surface area contributed by atoms with Crippen molar-refractivity contribution in [2.75, 3.05) is 22.6 Å². The number of anilines is 3. The van der Waals surface area contributed by atoms with Gasteiger partial charge in [-0.2, -0.15) is 0 Å². The number of hydrogen-bond acceptors (Lipinski definition) is 7. The third-order valence-corrected chi connectivity index (χ3v) is 6.47. The number of nitrogens with two attached hydrogens (primary N) is 1. The van der Waals surface area contributed by atoms with Crippen molar-refractivity contribution < 1.29 is 27.5 Å². The van der Waals surface area contributed by atoms with E-state index in [0.29, 0.717) is 22.8 Å². The molecule has 184 valence electrons. The van der Waals surface area contributed by atoms with Gasteiger partial charge in [-0.3, -0.25) is 14.4 Å². The van der Waals surface area contributed by atoms with Crippen LogP contribution < -0.4 is 25.4 Å². The summed E-state index contributed by atoms with van der Waals surface area (Å²) in [5.41, 5.74) is 1.12. The van der Waals surface area contributed by atoms with Crippen LogP contribution in [0.5, 0.6) is 5.75 Å². The molecule has 1 aliphatic rings. The molecule has 3 amide bonds. The first-order valence-corrected chi connectivity index (χ1v) is 12.2. The summed E-state index contributed by atoms with van der Waals surface area (Å²) >= 11 is 6.18. The maximum absolute atomic E-state index is 13.0. The minimum atomic E-state index is -3.85. The molecule has 0 saturated carbocycles. The summed E-state index contributed by atoms with van der Waals surface area (Å²) in [5, 5.41) is 10.3. The highest BCUT2D eigenvalue weighted by Crippen LogP contribution is 2.31. The molecule has 4 N–H and O–H groups in total. The maximum atomic E-state index is 13.0. The Morgan fingerprint density at radius 1 is 0.944 bits per heavy atom. The Hall–Kier alpha value is -4.19. The summed E-state index contributed by atoms with van der Waals surface area (Å²) < 4.78 is 27.9. The largest absolute Gasteiger partial charge is 0.497 e. The summed E-state index contributed by atoms with van der Waals surface area (Å²) in [7, 11) is -2.35. The molecule has 0 aliphatic carbocycles. The Morgan fingerprint density at radius 3 is 2.22 bits per heavy atom. The van der Waals surface area contributed by atoms with Gasteiger partial charge in [0.15, 0.2) is 0 Å². The van der Waals surface area contributed by atoms with Crippen LogP contribution in [0, 0.1) is 0 Å². The SMILES string of the molecule is COc1ccc(N2C(=O)C(Cl)=C(Nc3cccc(C(=O)Nc4ccc(S(N)(=O)=O)cc4)c3)C2=O)cc1. The van der Waals surface area contributed by atoms with Gasteiger partial charge in [-0.1, -0.05) is 17.7 Å². The Balaban J connectivity index is 1.50. The molecule has 12 heteroatoms. The van der Waals surface area contributed by atoms with Crippen LogP contribution in [0.1, 0.15) is 10.4 Å². The van der Waals surface area contributed by atoms with Gasteiger partial charge in [0.1, 0.15) is 16.5 Å². The van der Waals surface area contributed by atoms with Crippen LogP contribution in [-0.2, 0) is 19.6 Å². The molecular weight excluding hydrogens is 508 g/mol. The van der Waals surface area contributed by atoms with Crippen LogP contribution in [-0.4, -0.2) is 33.2 Å². The molecule has 0 spiro atoms. The van der Waals surface area contributed by atoms with Crippen molar-refractivity contribution in [2.45, 2.75) is 4.90 Å². The lowest BCUT2D eigenvalue weighted by molar-refractivity contribution is -0.120. The van der Waals surface area contributed by atoms with Crippen molar-refractivity contribution in [1.82, 2.24) is 0 Å². The number of nitrogens with zero attached hydrogens (tertiary/aromatic N) is 1. The minimum absolute atomic E-state index is 0.0867. The van der Waals surface area contributed by atoms with Gasteiger partial charge in [0.05, 0.1) is 17.7 Å². The molecule has 0 atom stereocenters. The minimum Gasteiger partial charge on any atom is -0.497 e. The lowest BCUT2D eigenvalue weighted by Gasteiger charge is -2.15. The van der Waals surface area contributed by atoms with E-state index in [1.54, 1.807) is 42.5 Å². The quantitative estimate of drug-likeness (QED) is 0.401. The lowest BCUT2D eigenvalue weighted by Crippen LogP contribution is -2.32. The Morgan fingerprint density at radius 2 is 1.61 bits per heavy atom. The highest BCUT2D eigenvalue weighted by atomic mass is 35.5. The van der Waals surface area contributed by atoms with Gasteiger partial charge < -0.3 is 15.4 Å². The normalized spacial score (nSPS) is 13.7. The maximum Gasteiger partial charge on any atom is 0.283 e. The highest BCUT2D eigenvalue weighted by Gasteiger charge is 2.39. The monoisotopic (exact) mass is 526 g/mol. The highest BCUT2D eigenvalue weighted by molar-refractivity contribution is 7.89. The van der Waals surface area contributed by atoms with E-state index in [-0.39, 0.29) is 21.2 Å². The van der Waals surface area contributed by atoms with Crippen LogP contribution in [0.3, 0.4) is 0 Å². The van der Waals surface area contributed by atoms with E-state index in [1.807, 2.05) is 0 Å². The van der Waals surface area contributed by atoms with Crippen molar-refractivity contribution in [3.63, 3.8) is 0 Å². The Labute approximate surface area is 211 Å². The zero-order valence-corrected chi connectivity index (χ0v) is 20.3. The first-order chi connectivity index (χ1) is 17.1. The van der Waals surface area contributed by atoms with Gasteiger partial charge in [0.25, 0.3) is 17.7 Å². The average Bonchev–Trinajstić information content (AvgIpc) is 3.07. The molecule has 0 bridgehead atoms. The van der Waals surface area contributed by atoms with Crippen LogP contribution in [0.2, 0.25) is 0 Å². The first-order valence-electron chi connectivity index (χ1n) is 10.3. The molecule has 0 aromatic heterocycles. The van der Waals surface area contributed by atoms with E-state index in [2.05, 4.69) is 10.6 Å². The van der Waals surface area contributed by atoms with Gasteiger partial charge >= 0.3 is 0 Å². The number of rotatable bonds is 7. The number of methoxy groups -OCH3 is 1. The molecule has 1 heterocycles. The van der Waals surface area contributed by atoms with Crippen LogP contribution in [0.15, 0.2) is 88.4 Å². The van der Waals surface area contributed by atoms with Crippen molar-refractivity contribution in [2.24, 2.45) is 5.14 Å². The molecule has 36 heavy (non-hydrogen) atoms. The molecule has 3 aromatic carbocycles. The number of hydrogen-bond donors (Lipinski definition) is 3. The number of benzene rings is 3. The fraction of sp³-hybridized carbons (Fsp3) is 0.0417. The molecule has 10 nitrogen and oxygen atoms in total. The Bertz CT molecular complexity index is 1500. The zero-order chi connectivity index (χ0) is 26.0. The smallest absolute Gasteiger partial charge is 0.283 e. The van der Waals surface area contributed by atoms with Crippen molar-refractivity contribution >= 4 is 56.4 Å². The number of amides is 3. The number of imide groups is 1. The molecule has 0 radical (unpaired) electrons. The number of primary sulfonamides is 1. The van der Waals surface area contributed by atoms with Gasteiger partial charge in [-0.05, 0) is 66.7 Å². The fourth-order valence-corrected chi connectivity index (χ4v) is 4.12. The predicted molar refractivity (Wildman–Crippen MR) is 134 cm³/mol. The molecule has 0 saturated heterocycles. The Kier molecular flexibility index (Phi) is 6.80. The third kappa shape index (κ3) is 5.08. The number of ether oxygens (including phenoxy) is 1. The predicted octanol–water partition coefficient (Wildman–Crippen LogP) is 3.03. The molecule has 0 fully saturated rings. The van der Waals surface area contributed by atoms with E-state index < -0.39 is 27.7 Å². The summed E-state index contributed by atoms with van der Waals surface area (Å²) in [6.45, 7) is 0. The second-order valence-electron chi connectivity index (χ2n) is 7.56. The molecular formula is C24H19ClN4O6S. The van der Waals surface area contributed by atoms with E-state index in [4.69, 9.17) is 21.5 Å². The van der Waals surface area contributed by atoms with Crippen molar-refractivity contribution in [3.8, 4) is 5.75 Å². The van der Waals surface area contributed by atoms with Gasteiger partial charge in [-0.15, -0.1) is 0 Å². The fourth-order valence-electron chi connectivity index (χ4n) is 3.39. The number of halogens is 1. The number of nitrogens with one attached hydrogen (secondary N) is 2. The van der Waals surface area contributed by atoms with E-state index in [9.17, 15) is 22.8 Å². The summed E-state index contributed by atoms with van der Waals surface area (Å²) in [5.74, 6) is -1.27. The van der Waals surface area contributed by atoms with E-state index in [0.717, 1.165) is 4.90 Å². The number of carbonyl (C=O) groups is 3. The number of sulfonamides is 1. The number of carbonyl (C=O) groups excluding carboxylic acids is 3. The van der Waals surface area contributed by atoms with Crippen molar-refractivity contribution in [3.05, 3.63) is 89.1 Å². The standard InChI is InChI=1S/C24H19ClN4O6S/c1-35-18-9-7-17(8-10-18)29-23(31)20(25)21(24(29)32)27-16-4-2-3-14(13-16)22(30)28-15-5-11-19(12-6-15)36(26,33)34/h2-13,27H,1H3,(H,28,30)(H2,26,33,34). The lowest BCUT2D eigenvalue weighted by atomic mass is 10.1. The van der Waals surface area contributed by atoms with Gasteiger partial charge in [-0.25, -0.2) is 18.5 Å². The van der Waals surface area contributed by atoms with E-state index >= 15 is 0 Å². The van der Waals surface area contributed by atoms with Crippen LogP contribution in [0.25, 0.3) is 0 Å². The molecule has 0 unspecified atom stereocenters. The molecule has 3 aromatic rings. The van der Waals surface area contributed by atoms with Crippen LogP contribution in [0.4, 0.5) is 17.1 Å². The van der Waals surface area contributed by atoms with Crippen molar-refractivity contribution in [1.29, 1.82) is 0 Å². The second kappa shape index (κ2) is 9.82. The molecule has 1 aliphatic heterocycles. The average molecular weight is 527 g/mol.